The van der Waals surface area contributed by atoms with Gasteiger partial charge in [0, 0.05) is 43.5 Å². The van der Waals surface area contributed by atoms with Crippen LogP contribution in [-0.2, 0) is 6.18 Å². The standard InChI is InChI=1S/C24H24F3N3O2/c25-24(26,27)20-15-18(4-5-19(20)22(31)30-13-11-28-12-14-30)21-6-3-17(16-29-21)7-10-23(32)8-1-2-9-23/h3-6,15-16,28,32H,1-2,8-9,11-14H2. The molecule has 1 saturated heterocycles. The number of pyridine rings is 1. The quantitative estimate of drug-likeness (QED) is 0.698. The molecule has 1 saturated carbocycles. The van der Waals surface area contributed by atoms with E-state index in [-0.39, 0.29) is 11.1 Å². The minimum atomic E-state index is -4.67. The summed E-state index contributed by atoms with van der Waals surface area (Å²) in [7, 11) is 0. The molecule has 2 N–H and O–H groups in total. The maximum Gasteiger partial charge on any atom is 0.417 e. The molecule has 1 aliphatic carbocycles. The van der Waals surface area contributed by atoms with Crippen LogP contribution >= 0.6 is 0 Å². The Morgan fingerprint density at radius 1 is 1.12 bits per heavy atom. The predicted molar refractivity (Wildman–Crippen MR) is 114 cm³/mol. The molecule has 8 heteroatoms. The SMILES string of the molecule is O=C(c1ccc(-c2ccc(C#CC3(O)CCCC3)cn2)cc1C(F)(F)F)N1CCNCC1. The van der Waals surface area contributed by atoms with Crippen molar-refractivity contribution in [2.45, 2.75) is 37.5 Å². The summed E-state index contributed by atoms with van der Waals surface area (Å²) < 4.78 is 41.3. The van der Waals surface area contributed by atoms with Crippen molar-refractivity contribution in [3.8, 4) is 23.1 Å². The molecule has 2 fully saturated rings. The van der Waals surface area contributed by atoms with Gasteiger partial charge in [-0.05, 0) is 49.9 Å². The number of nitrogens with zero attached hydrogens (tertiary/aromatic N) is 2. The predicted octanol–water partition coefficient (Wildman–Crippen LogP) is 3.47. The molecule has 0 radical (unpaired) electrons. The Bertz CT molecular complexity index is 1040. The molecule has 1 aromatic carbocycles. The molecule has 0 unspecified atom stereocenters. The van der Waals surface area contributed by atoms with E-state index in [4.69, 9.17) is 0 Å². The molecule has 2 aliphatic rings. The van der Waals surface area contributed by atoms with Crippen LogP contribution in [0.15, 0.2) is 36.5 Å². The highest BCUT2D eigenvalue weighted by atomic mass is 19.4. The average molecular weight is 443 g/mol. The smallest absolute Gasteiger partial charge is 0.378 e. The van der Waals surface area contributed by atoms with Crippen molar-refractivity contribution in [1.29, 1.82) is 0 Å². The first-order chi connectivity index (χ1) is 15.3. The number of aromatic nitrogens is 1. The van der Waals surface area contributed by atoms with E-state index in [0.717, 1.165) is 18.9 Å². The molecule has 2 aromatic rings. The summed E-state index contributed by atoms with van der Waals surface area (Å²) in [4.78, 5) is 18.4. The first kappa shape index (κ1) is 22.3. The van der Waals surface area contributed by atoms with Gasteiger partial charge in [0.15, 0.2) is 0 Å². The van der Waals surface area contributed by atoms with Crippen molar-refractivity contribution in [3.63, 3.8) is 0 Å². The van der Waals surface area contributed by atoms with Crippen molar-refractivity contribution in [2.24, 2.45) is 0 Å². The van der Waals surface area contributed by atoms with E-state index >= 15 is 0 Å². The topological polar surface area (TPSA) is 65.5 Å². The molecule has 2 heterocycles. The van der Waals surface area contributed by atoms with Gasteiger partial charge >= 0.3 is 6.18 Å². The van der Waals surface area contributed by atoms with Crippen LogP contribution in [0.3, 0.4) is 0 Å². The Balaban J connectivity index is 1.60. The number of benzene rings is 1. The number of halogens is 3. The van der Waals surface area contributed by atoms with Gasteiger partial charge in [-0.1, -0.05) is 17.9 Å². The summed E-state index contributed by atoms with van der Waals surface area (Å²) in [6.45, 7) is 1.86. The number of amides is 1. The van der Waals surface area contributed by atoms with Gasteiger partial charge in [0.1, 0.15) is 5.60 Å². The maximum absolute atomic E-state index is 13.8. The summed E-state index contributed by atoms with van der Waals surface area (Å²) in [5.41, 5.74) is -1.09. The molecule has 168 valence electrons. The Morgan fingerprint density at radius 3 is 2.47 bits per heavy atom. The monoisotopic (exact) mass is 443 g/mol. The van der Waals surface area contributed by atoms with E-state index in [9.17, 15) is 23.1 Å². The van der Waals surface area contributed by atoms with Crippen LogP contribution in [0.5, 0.6) is 0 Å². The van der Waals surface area contributed by atoms with Gasteiger partial charge in [0.05, 0.1) is 16.8 Å². The fourth-order valence-corrected chi connectivity index (χ4v) is 4.07. The fourth-order valence-electron chi connectivity index (χ4n) is 4.07. The van der Waals surface area contributed by atoms with Crippen LogP contribution < -0.4 is 5.32 Å². The zero-order valence-electron chi connectivity index (χ0n) is 17.5. The molecule has 1 amide bonds. The normalized spacial score (nSPS) is 18.2. The summed E-state index contributed by atoms with van der Waals surface area (Å²) in [6, 6.07) is 6.95. The lowest BCUT2D eigenvalue weighted by molar-refractivity contribution is -0.138. The third-order valence-corrected chi connectivity index (χ3v) is 5.89. The Kier molecular flexibility index (Phi) is 6.22. The minimum absolute atomic E-state index is 0.267. The molecule has 0 spiro atoms. The van der Waals surface area contributed by atoms with Crippen LogP contribution in [-0.4, -0.2) is 52.7 Å². The molecular weight excluding hydrogens is 419 g/mol. The van der Waals surface area contributed by atoms with Crippen molar-refractivity contribution in [1.82, 2.24) is 15.2 Å². The Labute approximate surface area is 184 Å². The van der Waals surface area contributed by atoms with Gasteiger partial charge in [0.25, 0.3) is 5.91 Å². The average Bonchev–Trinajstić information content (AvgIpc) is 3.24. The van der Waals surface area contributed by atoms with Crippen LogP contribution in [0, 0.1) is 11.8 Å². The van der Waals surface area contributed by atoms with Crippen molar-refractivity contribution >= 4 is 5.91 Å². The highest BCUT2D eigenvalue weighted by Crippen LogP contribution is 2.35. The maximum atomic E-state index is 13.8. The summed E-state index contributed by atoms with van der Waals surface area (Å²) in [5.74, 6) is 5.17. The number of carbonyl (C=O) groups is 1. The molecule has 32 heavy (non-hydrogen) atoms. The largest absolute Gasteiger partial charge is 0.417 e. The lowest BCUT2D eigenvalue weighted by atomic mass is 9.99. The van der Waals surface area contributed by atoms with Crippen LogP contribution in [0.4, 0.5) is 13.2 Å². The third kappa shape index (κ3) is 4.95. The molecular formula is C24H24F3N3O2. The Morgan fingerprint density at radius 2 is 1.84 bits per heavy atom. The minimum Gasteiger partial charge on any atom is -0.378 e. The zero-order valence-corrected chi connectivity index (χ0v) is 17.5. The van der Waals surface area contributed by atoms with E-state index in [1.54, 1.807) is 12.1 Å². The van der Waals surface area contributed by atoms with E-state index in [1.807, 2.05) is 0 Å². The fraction of sp³-hybridized carbons (Fsp3) is 0.417. The highest BCUT2D eigenvalue weighted by Gasteiger charge is 2.37. The number of rotatable bonds is 2. The number of hydrogen-bond donors (Lipinski definition) is 2. The van der Waals surface area contributed by atoms with E-state index in [1.165, 1.54) is 23.2 Å². The second-order valence-electron chi connectivity index (χ2n) is 8.22. The van der Waals surface area contributed by atoms with Gasteiger partial charge in [0.2, 0.25) is 0 Å². The Hall–Kier alpha value is -2.89. The van der Waals surface area contributed by atoms with Crippen LogP contribution in [0.1, 0.15) is 47.2 Å². The van der Waals surface area contributed by atoms with Crippen molar-refractivity contribution < 1.29 is 23.1 Å². The number of alkyl halides is 3. The van der Waals surface area contributed by atoms with E-state index in [0.29, 0.717) is 50.3 Å². The van der Waals surface area contributed by atoms with E-state index < -0.39 is 23.2 Å². The second kappa shape index (κ2) is 8.93. The molecule has 1 aromatic heterocycles. The number of aliphatic hydroxyl groups is 1. The first-order valence-corrected chi connectivity index (χ1v) is 10.7. The molecule has 0 atom stereocenters. The number of piperazine rings is 1. The number of hydrogen-bond acceptors (Lipinski definition) is 4. The van der Waals surface area contributed by atoms with Crippen molar-refractivity contribution in [3.05, 3.63) is 53.2 Å². The summed E-state index contributed by atoms with van der Waals surface area (Å²) in [6.07, 6.45) is -0.0194. The summed E-state index contributed by atoms with van der Waals surface area (Å²) in [5, 5.41) is 13.4. The molecule has 4 rings (SSSR count). The van der Waals surface area contributed by atoms with Gasteiger partial charge in [-0.25, -0.2) is 0 Å². The van der Waals surface area contributed by atoms with Gasteiger partial charge in [-0.2, -0.15) is 13.2 Å². The first-order valence-electron chi connectivity index (χ1n) is 10.7. The third-order valence-electron chi connectivity index (χ3n) is 5.89. The lowest BCUT2D eigenvalue weighted by Crippen LogP contribution is -2.46. The summed E-state index contributed by atoms with van der Waals surface area (Å²) >= 11 is 0. The van der Waals surface area contributed by atoms with Crippen molar-refractivity contribution in [2.75, 3.05) is 26.2 Å². The van der Waals surface area contributed by atoms with E-state index in [2.05, 4.69) is 22.1 Å². The second-order valence-corrected chi connectivity index (χ2v) is 8.22. The zero-order chi connectivity index (χ0) is 22.8. The molecule has 0 bridgehead atoms. The lowest BCUT2D eigenvalue weighted by Gasteiger charge is -2.28. The number of carbonyl (C=O) groups excluding carboxylic acids is 1. The molecule has 1 aliphatic heterocycles. The van der Waals surface area contributed by atoms with Gasteiger partial charge < -0.3 is 15.3 Å². The van der Waals surface area contributed by atoms with Crippen LogP contribution in [0.25, 0.3) is 11.3 Å². The van der Waals surface area contributed by atoms with Gasteiger partial charge in [-0.15, -0.1) is 0 Å². The molecule has 5 nitrogen and oxygen atoms in total. The van der Waals surface area contributed by atoms with Crippen LogP contribution in [0.2, 0.25) is 0 Å². The van der Waals surface area contributed by atoms with Gasteiger partial charge in [-0.3, -0.25) is 9.78 Å². The highest BCUT2D eigenvalue weighted by molar-refractivity contribution is 5.96. The number of nitrogens with one attached hydrogen (secondary N) is 1.